The molecule has 0 atom stereocenters. The van der Waals surface area contributed by atoms with Crippen molar-refractivity contribution in [2.24, 2.45) is 0 Å². The van der Waals surface area contributed by atoms with Crippen molar-refractivity contribution in [3.8, 4) is 0 Å². The number of rotatable bonds is 7. The molecule has 5 heteroatoms. The summed E-state index contributed by atoms with van der Waals surface area (Å²) in [5.41, 5.74) is 6.84. The first-order chi connectivity index (χ1) is 11.4. The zero-order chi connectivity index (χ0) is 17.7. The number of aliphatic hydroxyl groups excluding tert-OH is 3. The standard InChI is InChI=1S/C19H25NO4/c1-19(2,18-7-15(11-22)4-16(8-18)12-23)17-5-13(9-20-24)3-14(6-17)10-21/h3-8,20-24H,9-12H2,1-2H3. The molecule has 0 radical (unpaired) electrons. The van der Waals surface area contributed by atoms with Gasteiger partial charge in [-0.1, -0.05) is 50.2 Å². The molecule has 0 fully saturated rings. The molecule has 0 aliphatic heterocycles. The zero-order valence-corrected chi connectivity index (χ0v) is 14.1. The summed E-state index contributed by atoms with van der Waals surface area (Å²) in [6.45, 7) is 4.13. The van der Waals surface area contributed by atoms with Crippen LogP contribution in [0.15, 0.2) is 36.4 Å². The molecule has 0 heterocycles. The van der Waals surface area contributed by atoms with Gasteiger partial charge in [0.05, 0.1) is 19.8 Å². The normalized spacial score (nSPS) is 11.8. The average molecular weight is 331 g/mol. The van der Waals surface area contributed by atoms with E-state index in [1.807, 2.05) is 30.3 Å². The third-order valence-electron chi connectivity index (χ3n) is 4.38. The predicted octanol–water partition coefficient (Wildman–Crippen LogP) is 1.97. The van der Waals surface area contributed by atoms with Crippen LogP contribution in [0.1, 0.15) is 47.2 Å². The van der Waals surface area contributed by atoms with Crippen molar-refractivity contribution in [1.82, 2.24) is 5.48 Å². The highest BCUT2D eigenvalue weighted by atomic mass is 16.5. The van der Waals surface area contributed by atoms with Crippen molar-refractivity contribution in [3.05, 3.63) is 69.8 Å². The van der Waals surface area contributed by atoms with Gasteiger partial charge in [-0.05, 0) is 33.4 Å². The molecule has 0 bridgehead atoms. The fraction of sp³-hybridized carbons (Fsp3) is 0.368. The fourth-order valence-corrected chi connectivity index (χ4v) is 2.88. The van der Waals surface area contributed by atoms with Crippen LogP contribution in [-0.2, 0) is 31.8 Å². The minimum atomic E-state index is -0.398. The first-order valence-electron chi connectivity index (χ1n) is 7.90. The molecule has 0 spiro atoms. The van der Waals surface area contributed by atoms with E-state index in [0.717, 1.165) is 33.4 Å². The van der Waals surface area contributed by atoms with Gasteiger partial charge in [-0.15, -0.1) is 0 Å². The Kier molecular flexibility index (Phi) is 6.10. The smallest absolute Gasteiger partial charge is 0.0682 e. The summed E-state index contributed by atoms with van der Waals surface area (Å²) in [4.78, 5) is 0. The number of hydrogen-bond acceptors (Lipinski definition) is 5. The highest BCUT2D eigenvalue weighted by Crippen LogP contribution is 2.34. The van der Waals surface area contributed by atoms with Crippen molar-refractivity contribution in [3.63, 3.8) is 0 Å². The Morgan fingerprint density at radius 3 is 1.46 bits per heavy atom. The molecule has 0 amide bonds. The van der Waals surface area contributed by atoms with Crippen LogP contribution in [0.3, 0.4) is 0 Å². The number of benzene rings is 2. The Labute approximate surface area is 142 Å². The molecule has 0 aliphatic rings. The van der Waals surface area contributed by atoms with Gasteiger partial charge in [0.25, 0.3) is 0 Å². The summed E-state index contributed by atoms with van der Waals surface area (Å²) in [7, 11) is 0. The van der Waals surface area contributed by atoms with Gasteiger partial charge < -0.3 is 20.5 Å². The van der Waals surface area contributed by atoms with E-state index in [1.54, 1.807) is 6.07 Å². The van der Waals surface area contributed by atoms with Crippen LogP contribution in [0.4, 0.5) is 0 Å². The quantitative estimate of drug-likeness (QED) is 0.500. The lowest BCUT2D eigenvalue weighted by Gasteiger charge is -2.28. The molecule has 2 rings (SSSR count). The fourth-order valence-electron chi connectivity index (χ4n) is 2.88. The van der Waals surface area contributed by atoms with Crippen LogP contribution < -0.4 is 5.48 Å². The lowest BCUT2D eigenvalue weighted by Crippen LogP contribution is -2.21. The third kappa shape index (κ3) is 4.01. The van der Waals surface area contributed by atoms with Crippen LogP contribution in [-0.4, -0.2) is 20.5 Å². The lowest BCUT2D eigenvalue weighted by molar-refractivity contribution is 0.161. The Morgan fingerprint density at radius 1 is 0.708 bits per heavy atom. The van der Waals surface area contributed by atoms with E-state index in [-0.39, 0.29) is 26.4 Å². The van der Waals surface area contributed by atoms with E-state index in [2.05, 4.69) is 19.3 Å². The van der Waals surface area contributed by atoms with Crippen LogP contribution in [0.25, 0.3) is 0 Å². The van der Waals surface area contributed by atoms with E-state index in [9.17, 15) is 15.3 Å². The van der Waals surface area contributed by atoms with Crippen LogP contribution in [0.5, 0.6) is 0 Å². The molecule has 24 heavy (non-hydrogen) atoms. The topological polar surface area (TPSA) is 93.0 Å². The van der Waals surface area contributed by atoms with E-state index >= 15 is 0 Å². The van der Waals surface area contributed by atoms with Gasteiger partial charge in [-0.25, -0.2) is 5.48 Å². The predicted molar refractivity (Wildman–Crippen MR) is 91.4 cm³/mol. The van der Waals surface area contributed by atoms with Gasteiger partial charge in [0, 0.05) is 12.0 Å². The summed E-state index contributed by atoms with van der Waals surface area (Å²) in [5.74, 6) is 0. The minimum absolute atomic E-state index is 0.0824. The summed E-state index contributed by atoms with van der Waals surface area (Å²) >= 11 is 0. The number of hydrogen-bond donors (Lipinski definition) is 5. The highest BCUT2D eigenvalue weighted by Gasteiger charge is 2.25. The van der Waals surface area contributed by atoms with Crippen LogP contribution in [0.2, 0.25) is 0 Å². The first-order valence-corrected chi connectivity index (χ1v) is 7.90. The molecule has 0 aliphatic carbocycles. The van der Waals surface area contributed by atoms with Gasteiger partial charge in [-0.3, -0.25) is 0 Å². The van der Waals surface area contributed by atoms with Gasteiger partial charge in [0.15, 0.2) is 0 Å². The molecule has 0 saturated heterocycles. The average Bonchev–Trinajstić information content (AvgIpc) is 2.61. The Balaban J connectivity index is 2.55. The monoisotopic (exact) mass is 331 g/mol. The van der Waals surface area contributed by atoms with Gasteiger partial charge in [0.1, 0.15) is 0 Å². The summed E-state index contributed by atoms with van der Waals surface area (Å²) in [5, 5.41) is 37.4. The number of hydroxylamine groups is 1. The number of aliphatic hydroxyl groups is 3. The molecule has 0 aromatic heterocycles. The Bertz CT molecular complexity index is 676. The second-order valence-corrected chi connectivity index (χ2v) is 6.51. The molecule has 5 nitrogen and oxygen atoms in total. The summed E-state index contributed by atoms with van der Waals surface area (Å²) < 4.78 is 0. The molecule has 5 N–H and O–H groups in total. The largest absolute Gasteiger partial charge is 0.392 e. The van der Waals surface area contributed by atoms with Crippen LogP contribution in [0, 0.1) is 0 Å². The van der Waals surface area contributed by atoms with E-state index in [0.29, 0.717) is 0 Å². The molecule has 0 unspecified atom stereocenters. The maximum atomic E-state index is 9.51. The summed E-state index contributed by atoms with van der Waals surface area (Å²) in [6, 6.07) is 11.4. The summed E-state index contributed by atoms with van der Waals surface area (Å²) in [6.07, 6.45) is 0. The molecule has 2 aromatic carbocycles. The van der Waals surface area contributed by atoms with Crippen molar-refractivity contribution in [2.45, 2.75) is 45.6 Å². The van der Waals surface area contributed by atoms with Crippen molar-refractivity contribution in [2.75, 3.05) is 0 Å². The highest BCUT2D eigenvalue weighted by molar-refractivity contribution is 5.44. The minimum Gasteiger partial charge on any atom is -0.392 e. The molecular formula is C19H25NO4. The second kappa shape index (κ2) is 7.88. The van der Waals surface area contributed by atoms with Crippen molar-refractivity contribution < 1.29 is 20.5 Å². The van der Waals surface area contributed by atoms with E-state index in [4.69, 9.17) is 5.21 Å². The third-order valence-corrected chi connectivity index (χ3v) is 4.38. The Morgan fingerprint density at radius 2 is 1.08 bits per heavy atom. The molecule has 2 aromatic rings. The van der Waals surface area contributed by atoms with E-state index in [1.165, 1.54) is 0 Å². The van der Waals surface area contributed by atoms with E-state index < -0.39 is 5.41 Å². The second-order valence-electron chi connectivity index (χ2n) is 6.51. The lowest BCUT2D eigenvalue weighted by atomic mass is 9.76. The molecule has 0 saturated carbocycles. The van der Waals surface area contributed by atoms with Crippen molar-refractivity contribution in [1.29, 1.82) is 0 Å². The number of nitrogens with one attached hydrogen (secondary N) is 1. The van der Waals surface area contributed by atoms with Gasteiger partial charge in [-0.2, -0.15) is 0 Å². The van der Waals surface area contributed by atoms with Gasteiger partial charge >= 0.3 is 0 Å². The van der Waals surface area contributed by atoms with Crippen molar-refractivity contribution >= 4 is 0 Å². The Hall–Kier alpha value is -1.76. The first kappa shape index (κ1) is 18.6. The zero-order valence-electron chi connectivity index (χ0n) is 14.1. The maximum absolute atomic E-state index is 9.51. The molecular weight excluding hydrogens is 306 g/mol. The van der Waals surface area contributed by atoms with Crippen LogP contribution >= 0.6 is 0 Å². The SMILES string of the molecule is CC(C)(c1cc(CO)cc(CO)c1)c1cc(CO)cc(CNO)c1. The maximum Gasteiger partial charge on any atom is 0.0682 e. The molecule has 130 valence electrons. The van der Waals surface area contributed by atoms with Gasteiger partial charge in [0.2, 0.25) is 0 Å².